The predicted octanol–water partition coefficient (Wildman–Crippen LogP) is 4.66. The van der Waals surface area contributed by atoms with Crippen LogP contribution in [0.25, 0.3) is 22.3 Å². The highest BCUT2D eigenvalue weighted by Crippen LogP contribution is 2.35. The molecule has 0 radical (unpaired) electrons. The van der Waals surface area contributed by atoms with E-state index in [-0.39, 0.29) is 29.0 Å². The van der Waals surface area contributed by atoms with Crippen LogP contribution in [0.2, 0.25) is 0 Å². The second kappa shape index (κ2) is 9.60. The van der Waals surface area contributed by atoms with Crippen LogP contribution < -0.4 is 10.2 Å². The molecule has 4 rings (SSSR count). The number of phenolic OH excluding ortho intramolecular Hbond substituents is 1. The Labute approximate surface area is 192 Å². The van der Waals surface area contributed by atoms with Crippen LogP contribution in [0.5, 0.6) is 5.75 Å². The first-order chi connectivity index (χ1) is 15.8. The Morgan fingerprint density at radius 1 is 1.30 bits per heavy atom. The predicted molar refractivity (Wildman–Crippen MR) is 126 cm³/mol. The molecule has 174 valence electrons. The van der Waals surface area contributed by atoms with Crippen molar-refractivity contribution in [2.45, 2.75) is 27.2 Å². The number of phenols is 1. The lowest BCUT2D eigenvalue weighted by atomic mass is 10.1. The number of benzene rings is 2. The summed E-state index contributed by atoms with van der Waals surface area (Å²) in [6, 6.07) is 10.1. The second-order valence-corrected chi connectivity index (χ2v) is 9.00. The van der Waals surface area contributed by atoms with Gasteiger partial charge < -0.3 is 20.1 Å². The van der Waals surface area contributed by atoms with Gasteiger partial charge in [0.15, 0.2) is 5.82 Å². The molecule has 33 heavy (non-hydrogen) atoms. The Hall–Kier alpha value is -3.42. The molecule has 0 saturated carbocycles. The number of aryl methyl sites for hydroxylation is 1. The number of carbonyl (C=O) groups is 1. The SMILES string of the molecule is Cc1ccc2c(N3CC[C@@H](CNC(=O)OCC(C)C)C3)nc(-c3c(O)cccc3F)nc2c1. The van der Waals surface area contributed by atoms with Crippen LogP contribution in [-0.4, -0.2) is 47.4 Å². The number of hydrogen-bond donors (Lipinski definition) is 2. The maximum Gasteiger partial charge on any atom is 0.407 e. The van der Waals surface area contributed by atoms with Crippen LogP contribution in [0.15, 0.2) is 36.4 Å². The molecule has 0 spiro atoms. The van der Waals surface area contributed by atoms with E-state index in [1.807, 2.05) is 39.0 Å². The number of amides is 1. The first-order valence-corrected chi connectivity index (χ1v) is 11.2. The maximum atomic E-state index is 14.6. The average molecular weight is 453 g/mol. The smallest absolute Gasteiger partial charge is 0.407 e. The third kappa shape index (κ3) is 5.16. The first kappa shape index (κ1) is 22.8. The molecule has 1 aliphatic rings. The number of rotatable bonds is 6. The number of nitrogens with zero attached hydrogens (tertiary/aromatic N) is 3. The number of fused-ring (bicyclic) bond motifs is 1. The highest BCUT2D eigenvalue weighted by atomic mass is 19.1. The molecule has 1 aromatic heterocycles. The van der Waals surface area contributed by atoms with E-state index in [4.69, 9.17) is 4.74 Å². The fraction of sp³-hybridized carbons (Fsp3) is 0.400. The molecular weight excluding hydrogens is 423 g/mol. The van der Waals surface area contributed by atoms with Crippen molar-refractivity contribution >= 4 is 22.8 Å². The molecule has 8 heteroatoms. The Balaban J connectivity index is 1.59. The van der Waals surface area contributed by atoms with Gasteiger partial charge in [0.1, 0.15) is 17.4 Å². The van der Waals surface area contributed by atoms with Crippen molar-refractivity contribution in [3.8, 4) is 17.1 Å². The summed E-state index contributed by atoms with van der Waals surface area (Å²) in [7, 11) is 0. The summed E-state index contributed by atoms with van der Waals surface area (Å²) in [6.45, 7) is 8.29. The minimum Gasteiger partial charge on any atom is -0.507 e. The zero-order chi connectivity index (χ0) is 23.5. The molecule has 1 saturated heterocycles. The van der Waals surface area contributed by atoms with E-state index in [0.29, 0.717) is 31.0 Å². The minimum atomic E-state index is -0.573. The highest BCUT2D eigenvalue weighted by molar-refractivity contribution is 5.92. The van der Waals surface area contributed by atoms with Crippen molar-refractivity contribution in [2.24, 2.45) is 11.8 Å². The topological polar surface area (TPSA) is 87.6 Å². The van der Waals surface area contributed by atoms with Gasteiger partial charge in [0, 0.05) is 25.0 Å². The monoisotopic (exact) mass is 452 g/mol. The second-order valence-electron chi connectivity index (χ2n) is 9.00. The van der Waals surface area contributed by atoms with Crippen LogP contribution >= 0.6 is 0 Å². The Morgan fingerprint density at radius 3 is 2.88 bits per heavy atom. The van der Waals surface area contributed by atoms with E-state index < -0.39 is 11.9 Å². The molecule has 1 amide bonds. The van der Waals surface area contributed by atoms with E-state index in [1.165, 1.54) is 18.2 Å². The van der Waals surface area contributed by atoms with Gasteiger partial charge in [0.05, 0.1) is 17.7 Å². The number of nitrogens with one attached hydrogen (secondary N) is 1. The van der Waals surface area contributed by atoms with Crippen LogP contribution in [0, 0.1) is 24.6 Å². The first-order valence-electron chi connectivity index (χ1n) is 11.2. The zero-order valence-corrected chi connectivity index (χ0v) is 19.1. The summed E-state index contributed by atoms with van der Waals surface area (Å²) in [5, 5.41) is 14.0. The number of aromatic nitrogens is 2. The van der Waals surface area contributed by atoms with Crippen LogP contribution in [0.3, 0.4) is 0 Å². The lowest BCUT2D eigenvalue weighted by molar-refractivity contribution is 0.132. The number of hydrogen-bond acceptors (Lipinski definition) is 6. The molecule has 2 heterocycles. The van der Waals surface area contributed by atoms with Crippen molar-refractivity contribution in [2.75, 3.05) is 31.1 Å². The van der Waals surface area contributed by atoms with Crippen molar-refractivity contribution in [3.05, 3.63) is 47.8 Å². The van der Waals surface area contributed by atoms with Gasteiger partial charge in [0.25, 0.3) is 0 Å². The molecule has 2 N–H and O–H groups in total. The van der Waals surface area contributed by atoms with Gasteiger partial charge in [-0.15, -0.1) is 0 Å². The molecule has 0 bridgehead atoms. The molecule has 7 nitrogen and oxygen atoms in total. The van der Waals surface area contributed by atoms with Crippen LogP contribution in [0.4, 0.5) is 15.0 Å². The number of alkyl carbamates (subject to hydrolysis) is 1. The van der Waals surface area contributed by atoms with E-state index in [2.05, 4.69) is 20.2 Å². The van der Waals surface area contributed by atoms with E-state index >= 15 is 0 Å². The largest absolute Gasteiger partial charge is 0.507 e. The van der Waals surface area contributed by atoms with Gasteiger partial charge in [0.2, 0.25) is 0 Å². The third-order valence-corrected chi connectivity index (χ3v) is 5.72. The summed E-state index contributed by atoms with van der Waals surface area (Å²) >= 11 is 0. The van der Waals surface area contributed by atoms with E-state index in [0.717, 1.165) is 23.9 Å². The van der Waals surface area contributed by atoms with Gasteiger partial charge in [-0.25, -0.2) is 19.2 Å². The average Bonchev–Trinajstić information content (AvgIpc) is 3.24. The van der Waals surface area contributed by atoms with Crippen molar-refractivity contribution in [1.29, 1.82) is 0 Å². The van der Waals surface area contributed by atoms with Crippen LogP contribution in [0.1, 0.15) is 25.8 Å². The summed E-state index contributed by atoms with van der Waals surface area (Å²) < 4.78 is 19.8. The van der Waals surface area contributed by atoms with Crippen molar-refractivity contribution < 1.29 is 19.0 Å². The lowest BCUT2D eigenvalue weighted by Gasteiger charge is -2.21. The van der Waals surface area contributed by atoms with E-state index in [1.54, 1.807) is 0 Å². The van der Waals surface area contributed by atoms with Gasteiger partial charge in [-0.1, -0.05) is 26.0 Å². The molecule has 2 aromatic carbocycles. The standard InChI is InChI=1S/C25H29FN4O3/c1-15(2)14-33-25(32)27-12-17-9-10-30(13-17)24-18-8-7-16(3)11-20(18)28-23(29-24)22-19(26)5-4-6-21(22)31/h4-8,11,15,17,31H,9-10,12-14H2,1-3H3,(H,27,32)/t17-/m0/s1. The number of aromatic hydroxyl groups is 1. The Bertz CT molecular complexity index is 1150. The summed E-state index contributed by atoms with van der Waals surface area (Å²) in [5.74, 6) is 0.598. The Morgan fingerprint density at radius 2 is 2.12 bits per heavy atom. The molecule has 0 aliphatic carbocycles. The number of ether oxygens (including phenoxy) is 1. The van der Waals surface area contributed by atoms with Crippen molar-refractivity contribution in [3.63, 3.8) is 0 Å². The van der Waals surface area contributed by atoms with E-state index in [9.17, 15) is 14.3 Å². The molecule has 1 atom stereocenters. The molecule has 1 aliphatic heterocycles. The fourth-order valence-corrected chi connectivity index (χ4v) is 4.02. The molecular formula is C25H29FN4O3. The highest BCUT2D eigenvalue weighted by Gasteiger charge is 2.27. The summed E-state index contributed by atoms with van der Waals surface area (Å²) in [5.41, 5.74) is 1.71. The summed E-state index contributed by atoms with van der Waals surface area (Å²) in [4.78, 5) is 23.3. The number of anilines is 1. The zero-order valence-electron chi connectivity index (χ0n) is 19.1. The third-order valence-electron chi connectivity index (χ3n) is 5.72. The maximum absolute atomic E-state index is 14.6. The quantitative estimate of drug-likeness (QED) is 0.566. The number of carbonyl (C=O) groups excluding carboxylic acids is 1. The van der Waals surface area contributed by atoms with Gasteiger partial charge >= 0.3 is 6.09 Å². The van der Waals surface area contributed by atoms with Crippen LogP contribution in [-0.2, 0) is 4.74 Å². The van der Waals surface area contributed by atoms with Gasteiger partial charge in [-0.3, -0.25) is 0 Å². The Kier molecular flexibility index (Phi) is 6.62. The molecule has 3 aromatic rings. The number of halogens is 1. The normalized spacial score (nSPS) is 15.9. The molecule has 1 fully saturated rings. The lowest BCUT2D eigenvalue weighted by Crippen LogP contribution is -2.32. The van der Waals surface area contributed by atoms with Gasteiger partial charge in [-0.2, -0.15) is 0 Å². The fourth-order valence-electron chi connectivity index (χ4n) is 4.02. The summed E-state index contributed by atoms with van der Waals surface area (Å²) in [6.07, 6.45) is 0.477. The van der Waals surface area contributed by atoms with Gasteiger partial charge in [-0.05, 0) is 55.0 Å². The van der Waals surface area contributed by atoms with Crippen molar-refractivity contribution in [1.82, 2.24) is 15.3 Å². The minimum absolute atomic E-state index is 0.00697. The molecule has 0 unspecified atom stereocenters.